The number of aromatic carboxylic acids is 1. The average Bonchev–Trinajstić information content (AvgIpc) is 2.38. The van der Waals surface area contributed by atoms with Gasteiger partial charge in [-0.1, -0.05) is 20.3 Å². The molecular weight excluding hydrogens is 246 g/mol. The lowest BCUT2D eigenvalue weighted by atomic mass is 10.2. The Morgan fingerprint density at radius 2 is 1.89 bits per heavy atom. The number of rotatable bonds is 6. The number of hydrogen-bond acceptors (Lipinski definition) is 3. The molecule has 5 heteroatoms. The van der Waals surface area contributed by atoms with E-state index in [1.54, 1.807) is 0 Å². The van der Waals surface area contributed by atoms with Crippen LogP contribution in [0.5, 0.6) is 0 Å². The lowest BCUT2D eigenvalue weighted by Gasteiger charge is -2.15. The summed E-state index contributed by atoms with van der Waals surface area (Å²) in [5.74, 6) is -0.997. The fourth-order valence-corrected chi connectivity index (χ4v) is 1.66. The highest BCUT2D eigenvalue weighted by atomic mass is 16.6. The highest BCUT2D eigenvalue weighted by Crippen LogP contribution is 2.12. The predicted octanol–water partition coefficient (Wildman–Crippen LogP) is 3.51. The molecule has 1 rings (SSSR count). The van der Waals surface area contributed by atoms with Crippen molar-refractivity contribution in [2.75, 3.05) is 5.32 Å². The van der Waals surface area contributed by atoms with E-state index in [1.807, 2.05) is 13.8 Å². The van der Waals surface area contributed by atoms with E-state index in [4.69, 9.17) is 9.84 Å². The first-order valence-electron chi connectivity index (χ1n) is 6.37. The summed E-state index contributed by atoms with van der Waals surface area (Å²) in [6.07, 6.45) is 1.98. The topological polar surface area (TPSA) is 75.6 Å². The fourth-order valence-electron chi connectivity index (χ4n) is 1.66. The van der Waals surface area contributed by atoms with E-state index in [0.717, 1.165) is 19.3 Å². The van der Waals surface area contributed by atoms with Crippen LogP contribution in [-0.4, -0.2) is 23.3 Å². The number of anilines is 1. The highest BCUT2D eigenvalue weighted by Gasteiger charge is 2.11. The van der Waals surface area contributed by atoms with E-state index in [1.165, 1.54) is 24.3 Å². The summed E-state index contributed by atoms with van der Waals surface area (Å²) < 4.78 is 5.26. The molecule has 1 amide bonds. The van der Waals surface area contributed by atoms with E-state index < -0.39 is 12.1 Å². The minimum atomic E-state index is -0.997. The Labute approximate surface area is 112 Å². The van der Waals surface area contributed by atoms with Crippen LogP contribution in [-0.2, 0) is 4.74 Å². The second-order valence-electron chi connectivity index (χ2n) is 4.23. The van der Waals surface area contributed by atoms with E-state index >= 15 is 0 Å². The standard InChI is InChI=1S/C14H19NO4/c1-3-5-12(4-2)19-14(18)15-11-8-6-10(7-9-11)13(16)17/h6-9,12H,3-5H2,1-2H3,(H,15,18)(H,16,17). The minimum Gasteiger partial charge on any atom is -0.478 e. The summed E-state index contributed by atoms with van der Waals surface area (Å²) in [7, 11) is 0. The van der Waals surface area contributed by atoms with Crippen LogP contribution in [0.3, 0.4) is 0 Å². The van der Waals surface area contributed by atoms with Crippen LogP contribution in [0.2, 0.25) is 0 Å². The van der Waals surface area contributed by atoms with Crippen molar-refractivity contribution in [2.24, 2.45) is 0 Å². The number of benzene rings is 1. The molecule has 5 nitrogen and oxygen atoms in total. The van der Waals surface area contributed by atoms with E-state index in [2.05, 4.69) is 5.32 Å². The number of ether oxygens (including phenoxy) is 1. The van der Waals surface area contributed by atoms with Crippen molar-refractivity contribution >= 4 is 17.7 Å². The average molecular weight is 265 g/mol. The van der Waals surface area contributed by atoms with Crippen LogP contribution in [0.25, 0.3) is 0 Å². The van der Waals surface area contributed by atoms with Gasteiger partial charge in [0.2, 0.25) is 0 Å². The van der Waals surface area contributed by atoms with Gasteiger partial charge in [-0.2, -0.15) is 0 Å². The van der Waals surface area contributed by atoms with Crippen molar-refractivity contribution in [1.29, 1.82) is 0 Å². The van der Waals surface area contributed by atoms with Crippen molar-refractivity contribution in [1.82, 2.24) is 0 Å². The summed E-state index contributed by atoms with van der Waals surface area (Å²) >= 11 is 0. The van der Waals surface area contributed by atoms with Gasteiger partial charge in [-0.15, -0.1) is 0 Å². The molecule has 0 fully saturated rings. The molecule has 0 heterocycles. The van der Waals surface area contributed by atoms with Gasteiger partial charge in [0.1, 0.15) is 6.10 Å². The highest BCUT2D eigenvalue weighted by molar-refractivity contribution is 5.89. The normalized spacial score (nSPS) is 11.7. The number of carboxylic acids is 1. The van der Waals surface area contributed by atoms with Crippen LogP contribution in [0, 0.1) is 0 Å². The third-order valence-electron chi connectivity index (χ3n) is 2.72. The monoisotopic (exact) mass is 265 g/mol. The molecule has 0 bridgehead atoms. The Hall–Kier alpha value is -2.04. The molecule has 1 aromatic rings. The van der Waals surface area contributed by atoms with Gasteiger partial charge < -0.3 is 9.84 Å². The zero-order valence-corrected chi connectivity index (χ0v) is 11.2. The quantitative estimate of drug-likeness (QED) is 0.825. The third-order valence-corrected chi connectivity index (χ3v) is 2.72. The van der Waals surface area contributed by atoms with E-state index in [9.17, 15) is 9.59 Å². The number of amides is 1. The third kappa shape index (κ3) is 4.99. The SMILES string of the molecule is CCCC(CC)OC(=O)Nc1ccc(C(=O)O)cc1. The lowest BCUT2D eigenvalue weighted by Crippen LogP contribution is -2.21. The van der Waals surface area contributed by atoms with Crippen LogP contribution in [0.15, 0.2) is 24.3 Å². The molecule has 2 N–H and O–H groups in total. The molecule has 0 saturated carbocycles. The fraction of sp³-hybridized carbons (Fsp3) is 0.429. The Kier molecular flexibility index (Phi) is 5.85. The molecule has 104 valence electrons. The van der Waals surface area contributed by atoms with Gasteiger partial charge in [-0.25, -0.2) is 9.59 Å². The zero-order chi connectivity index (χ0) is 14.3. The van der Waals surface area contributed by atoms with Crippen LogP contribution < -0.4 is 5.32 Å². The largest absolute Gasteiger partial charge is 0.478 e. The zero-order valence-electron chi connectivity index (χ0n) is 11.2. The molecule has 0 aromatic heterocycles. The summed E-state index contributed by atoms with van der Waals surface area (Å²) in [4.78, 5) is 22.3. The molecule has 19 heavy (non-hydrogen) atoms. The van der Waals surface area contributed by atoms with Crippen LogP contribution in [0.4, 0.5) is 10.5 Å². The van der Waals surface area contributed by atoms with Crippen molar-refractivity contribution in [2.45, 2.75) is 39.2 Å². The van der Waals surface area contributed by atoms with Crippen molar-refractivity contribution in [3.05, 3.63) is 29.8 Å². The summed E-state index contributed by atoms with van der Waals surface area (Å²) in [6, 6.07) is 5.93. The number of nitrogens with one attached hydrogen (secondary N) is 1. The first-order valence-corrected chi connectivity index (χ1v) is 6.37. The molecule has 0 saturated heterocycles. The van der Waals surface area contributed by atoms with Gasteiger partial charge in [0, 0.05) is 5.69 Å². The van der Waals surface area contributed by atoms with Gasteiger partial charge in [-0.3, -0.25) is 5.32 Å². The summed E-state index contributed by atoms with van der Waals surface area (Å²) in [6.45, 7) is 4.00. The second kappa shape index (κ2) is 7.41. The predicted molar refractivity (Wildman–Crippen MR) is 72.5 cm³/mol. The van der Waals surface area contributed by atoms with E-state index in [-0.39, 0.29) is 11.7 Å². The van der Waals surface area contributed by atoms with Gasteiger partial charge in [0.25, 0.3) is 0 Å². The van der Waals surface area contributed by atoms with Gasteiger partial charge in [0.15, 0.2) is 0 Å². The Morgan fingerprint density at radius 1 is 1.26 bits per heavy atom. The maximum atomic E-state index is 11.6. The van der Waals surface area contributed by atoms with Crippen LogP contribution >= 0.6 is 0 Å². The van der Waals surface area contributed by atoms with Gasteiger partial charge >= 0.3 is 12.1 Å². The van der Waals surface area contributed by atoms with Gasteiger partial charge in [0.05, 0.1) is 5.56 Å². The first kappa shape index (κ1) is 15.0. The molecule has 0 spiro atoms. The molecule has 0 aliphatic carbocycles. The summed E-state index contributed by atoms with van der Waals surface area (Å²) in [5.41, 5.74) is 0.692. The number of carbonyl (C=O) groups is 2. The maximum absolute atomic E-state index is 11.6. The molecule has 1 aromatic carbocycles. The number of hydrogen-bond donors (Lipinski definition) is 2. The molecule has 0 aliphatic rings. The maximum Gasteiger partial charge on any atom is 0.411 e. The number of carbonyl (C=O) groups excluding carboxylic acids is 1. The van der Waals surface area contributed by atoms with Gasteiger partial charge in [-0.05, 0) is 37.1 Å². The molecular formula is C14H19NO4. The second-order valence-corrected chi connectivity index (χ2v) is 4.23. The summed E-state index contributed by atoms with van der Waals surface area (Å²) in [5, 5.41) is 11.3. The Balaban J connectivity index is 2.54. The lowest BCUT2D eigenvalue weighted by molar-refractivity contribution is 0.0696. The molecule has 1 unspecified atom stereocenters. The Bertz CT molecular complexity index is 428. The molecule has 0 radical (unpaired) electrons. The van der Waals surface area contributed by atoms with Crippen molar-refractivity contribution in [3.63, 3.8) is 0 Å². The van der Waals surface area contributed by atoms with Crippen molar-refractivity contribution in [3.8, 4) is 0 Å². The molecule has 1 atom stereocenters. The van der Waals surface area contributed by atoms with Crippen LogP contribution in [0.1, 0.15) is 43.5 Å². The van der Waals surface area contributed by atoms with Crippen molar-refractivity contribution < 1.29 is 19.4 Å². The van der Waals surface area contributed by atoms with E-state index in [0.29, 0.717) is 5.69 Å². The minimum absolute atomic E-state index is 0.0803. The molecule has 0 aliphatic heterocycles. The number of carboxylic acid groups (broad SMARTS) is 1. The smallest absolute Gasteiger partial charge is 0.411 e. The first-order chi connectivity index (χ1) is 9.06. The Morgan fingerprint density at radius 3 is 2.37 bits per heavy atom.